The van der Waals surface area contributed by atoms with Gasteiger partial charge in [0.1, 0.15) is 16.9 Å². The Kier molecular flexibility index (Phi) is 3.23. The van der Waals surface area contributed by atoms with E-state index in [2.05, 4.69) is 20.4 Å². The maximum Gasteiger partial charge on any atom is 0.223 e. The van der Waals surface area contributed by atoms with E-state index in [9.17, 15) is 4.39 Å². The molecule has 0 aliphatic carbocycles. The Hall–Kier alpha value is -2.21. The summed E-state index contributed by atoms with van der Waals surface area (Å²) >= 11 is 5.73. The summed E-state index contributed by atoms with van der Waals surface area (Å²) in [5, 5.41) is 7.28. The van der Waals surface area contributed by atoms with Crippen molar-refractivity contribution in [2.24, 2.45) is 7.05 Å². The Morgan fingerprint density at radius 3 is 3.00 bits per heavy atom. The van der Waals surface area contributed by atoms with Gasteiger partial charge in [0.15, 0.2) is 0 Å². The minimum Gasteiger partial charge on any atom is -0.350 e. The number of rotatable bonds is 3. The summed E-state index contributed by atoms with van der Waals surface area (Å²) in [6.45, 7) is 0.464. The SMILES string of the molecule is Cn1ncc2nc(NCc3ccc(F)c(Cl)c3)ncc21. The Morgan fingerprint density at radius 2 is 2.20 bits per heavy atom. The first-order chi connectivity index (χ1) is 9.63. The van der Waals surface area contributed by atoms with Crippen molar-refractivity contribution in [3.8, 4) is 0 Å². The maximum atomic E-state index is 13.1. The predicted molar refractivity (Wildman–Crippen MR) is 75.0 cm³/mol. The Balaban J connectivity index is 1.77. The molecule has 1 N–H and O–H groups in total. The van der Waals surface area contributed by atoms with Crippen LogP contribution in [0.3, 0.4) is 0 Å². The molecule has 3 aromatic rings. The number of aryl methyl sites for hydroxylation is 1. The fourth-order valence-corrected chi connectivity index (χ4v) is 2.06. The van der Waals surface area contributed by atoms with Crippen LogP contribution >= 0.6 is 11.6 Å². The van der Waals surface area contributed by atoms with Crippen LogP contribution in [0.25, 0.3) is 11.0 Å². The highest BCUT2D eigenvalue weighted by atomic mass is 35.5. The highest BCUT2D eigenvalue weighted by Crippen LogP contribution is 2.17. The second kappa shape index (κ2) is 5.05. The van der Waals surface area contributed by atoms with Crippen LogP contribution in [-0.2, 0) is 13.6 Å². The van der Waals surface area contributed by atoms with Gasteiger partial charge in [-0.2, -0.15) is 5.10 Å². The van der Waals surface area contributed by atoms with E-state index in [4.69, 9.17) is 11.6 Å². The summed E-state index contributed by atoms with van der Waals surface area (Å²) in [5.41, 5.74) is 2.48. The normalized spacial score (nSPS) is 10.9. The van der Waals surface area contributed by atoms with Crippen LogP contribution < -0.4 is 5.32 Å². The van der Waals surface area contributed by atoms with E-state index in [-0.39, 0.29) is 5.02 Å². The molecule has 7 heteroatoms. The highest BCUT2D eigenvalue weighted by Gasteiger charge is 2.05. The smallest absolute Gasteiger partial charge is 0.223 e. The molecule has 0 bridgehead atoms. The van der Waals surface area contributed by atoms with Gasteiger partial charge in [-0.15, -0.1) is 0 Å². The molecule has 102 valence electrons. The molecule has 0 unspecified atom stereocenters. The summed E-state index contributed by atoms with van der Waals surface area (Å²) in [7, 11) is 1.83. The van der Waals surface area contributed by atoms with E-state index in [1.807, 2.05) is 7.05 Å². The molecule has 0 saturated carbocycles. The summed E-state index contributed by atoms with van der Waals surface area (Å²) in [4.78, 5) is 8.54. The molecule has 0 atom stereocenters. The lowest BCUT2D eigenvalue weighted by atomic mass is 10.2. The molecular formula is C13H11ClFN5. The molecule has 2 heterocycles. The van der Waals surface area contributed by atoms with E-state index in [0.717, 1.165) is 16.6 Å². The molecule has 0 spiro atoms. The molecule has 20 heavy (non-hydrogen) atoms. The van der Waals surface area contributed by atoms with Crippen LogP contribution in [0.1, 0.15) is 5.56 Å². The van der Waals surface area contributed by atoms with Gasteiger partial charge in [-0.3, -0.25) is 4.68 Å². The zero-order valence-electron chi connectivity index (χ0n) is 10.6. The first kappa shape index (κ1) is 12.8. The number of nitrogens with zero attached hydrogens (tertiary/aromatic N) is 4. The molecule has 0 aliphatic rings. The zero-order valence-corrected chi connectivity index (χ0v) is 11.4. The van der Waals surface area contributed by atoms with Crippen LogP contribution in [0.5, 0.6) is 0 Å². The molecule has 0 radical (unpaired) electrons. The summed E-state index contributed by atoms with van der Waals surface area (Å²) in [6.07, 6.45) is 3.38. The predicted octanol–water partition coefficient (Wildman–Crippen LogP) is 2.77. The van der Waals surface area contributed by atoms with Crippen molar-refractivity contribution in [1.82, 2.24) is 19.7 Å². The van der Waals surface area contributed by atoms with E-state index >= 15 is 0 Å². The third-order valence-electron chi connectivity index (χ3n) is 2.93. The third kappa shape index (κ3) is 2.42. The summed E-state index contributed by atoms with van der Waals surface area (Å²) in [5.74, 6) is 0.0643. The number of aromatic nitrogens is 4. The molecule has 2 aromatic heterocycles. The van der Waals surface area contributed by atoms with Crippen molar-refractivity contribution in [3.05, 3.63) is 47.0 Å². The lowest BCUT2D eigenvalue weighted by Crippen LogP contribution is -2.03. The molecule has 0 fully saturated rings. The van der Waals surface area contributed by atoms with Gasteiger partial charge in [0, 0.05) is 13.6 Å². The Bertz CT molecular complexity index is 771. The molecule has 1 aromatic carbocycles. The molecule has 3 rings (SSSR count). The van der Waals surface area contributed by atoms with Crippen LogP contribution in [-0.4, -0.2) is 19.7 Å². The molecular weight excluding hydrogens is 281 g/mol. The van der Waals surface area contributed by atoms with Gasteiger partial charge in [-0.25, -0.2) is 14.4 Å². The minimum atomic E-state index is -0.427. The van der Waals surface area contributed by atoms with Crippen molar-refractivity contribution >= 4 is 28.6 Å². The van der Waals surface area contributed by atoms with Crippen LogP contribution in [0.15, 0.2) is 30.6 Å². The average Bonchev–Trinajstić information content (AvgIpc) is 2.81. The number of fused-ring (bicyclic) bond motifs is 1. The van der Waals surface area contributed by atoms with E-state index in [1.165, 1.54) is 6.07 Å². The van der Waals surface area contributed by atoms with Gasteiger partial charge < -0.3 is 5.32 Å². The quantitative estimate of drug-likeness (QED) is 0.806. The lowest BCUT2D eigenvalue weighted by molar-refractivity contribution is 0.627. The van der Waals surface area contributed by atoms with Gasteiger partial charge in [0.2, 0.25) is 5.95 Å². The average molecular weight is 292 g/mol. The van der Waals surface area contributed by atoms with Gasteiger partial charge in [-0.1, -0.05) is 17.7 Å². The van der Waals surface area contributed by atoms with Gasteiger partial charge in [0.05, 0.1) is 17.4 Å². The molecule has 0 aliphatic heterocycles. The van der Waals surface area contributed by atoms with Crippen molar-refractivity contribution in [2.45, 2.75) is 6.54 Å². The summed E-state index contributed by atoms with van der Waals surface area (Å²) < 4.78 is 14.8. The van der Waals surface area contributed by atoms with E-state index < -0.39 is 5.82 Å². The second-order valence-corrected chi connectivity index (χ2v) is 4.74. The Labute approximate surface area is 119 Å². The molecule has 0 amide bonds. The van der Waals surface area contributed by atoms with Crippen LogP contribution in [0.2, 0.25) is 5.02 Å². The summed E-state index contributed by atoms with van der Waals surface area (Å²) in [6, 6.07) is 4.58. The standard InChI is InChI=1S/C13H11ClFN5/c1-20-12-7-17-13(19-11(12)6-18-20)16-5-8-2-3-10(15)9(14)4-8/h2-4,6-7H,5H2,1H3,(H,16,17,19). The zero-order chi connectivity index (χ0) is 14.1. The molecule has 0 saturated heterocycles. The first-order valence-electron chi connectivity index (χ1n) is 5.96. The monoisotopic (exact) mass is 291 g/mol. The number of halogens is 2. The number of hydrogen-bond donors (Lipinski definition) is 1. The van der Waals surface area contributed by atoms with Crippen molar-refractivity contribution < 1.29 is 4.39 Å². The largest absolute Gasteiger partial charge is 0.350 e. The number of hydrogen-bond acceptors (Lipinski definition) is 4. The van der Waals surface area contributed by atoms with Gasteiger partial charge in [-0.05, 0) is 17.7 Å². The van der Waals surface area contributed by atoms with Crippen LogP contribution in [0.4, 0.5) is 10.3 Å². The van der Waals surface area contributed by atoms with E-state index in [1.54, 1.807) is 29.2 Å². The minimum absolute atomic E-state index is 0.105. The highest BCUT2D eigenvalue weighted by molar-refractivity contribution is 6.30. The maximum absolute atomic E-state index is 13.1. The van der Waals surface area contributed by atoms with Crippen molar-refractivity contribution in [1.29, 1.82) is 0 Å². The number of nitrogens with one attached hydrogen (secondary N) is 1. The second-order valence-electron chi connectivity index (χ2n) is 4.33. The van der Waals surface area contributed by atoms with Crippen molar-refractivity contribution in [2.75, 3.05) is 5.32 Å². The fraction of sp³-hybridized carbons (Fsp3) is 0.154. The van der Waals surface area contributed by atoms with Crippen molar-refractivity contribution in [3.63, 3.8) is 0 Å². The van der Waals surface area contributed by atoms with Crippen LogP contribution in [0, 0.1) is 5.82 Å². The fourth-order valence-electron chi connectivity index (χ4n) is 1.85. The number of benzene rings is 1. The number of anilines is 1. The third-order valence-corrected chi connectivity index (χ3v) is 3.22. The topological polar surface area (TPSA) is 55.6 Å². The lowest BCUT2D eigenvalue weighted by Gasteiger charge is -2.05. The molecule has 5 nitrogen and oxygen atoms in total. The van der Waals surface area contributed by atoms with E-state index in [0.29, 0.717) is 12.5 Å². The first-order valence-corrected chi connectivity index (χ1v) is 6.34. The Morgan fingerprint density at radius 1 is 1.35 bits per heavy atom. The van der Waals surface area contributed by atoms with Gasteiger partial charge >= 0.3 is 0 Å². The van der Waals surface area contributed by atoms with Gasteiger partial charge in [0.25, 0.3) is 0 Å².